The van der Waals surface area contributed by atoms with Gasteiger partial charge in [0.05, 0.1) is 0 Å². The van der Waals surface area contributed by atoms with Gasteiger partial charge in [0, 0.05) is 0 Å². The van der Waals surface area contributed by atoms with Crippen LogP contribution in [0.2, 0.25) is 0 Å². The molecule has 2 heteroatoms. The second-order valence-electron chi connectivity index (χ2n) is 4.11. The lowest BCUT2D eigenvalue weighted by atomic mass is 10.1. The summed E-state index contributed by atoms with van der Waals surface area (Å²) in [5, 5.41) is 3.47. The highest BCUT2D eigenvalue weighted by molar-refractivity contribution is 4.73. The standard InChI is InChI=1S/C10H22N2/c1-9(8-11)4-6-12-7-5-10-2-3-10/h9-10,12H,2-8,11H2,1H3. The molecule has 1 unspecified atom stereocenters. The summed E-state index contributed by atoms with van der Waals surface area (Å²) in [6, 6.07) is 0. The minimum atomic E-state index is 0.679. The molecule has 0 aliphatic heterocycles. The fourth-order valence-corrected chi connectivity index (χ4v) is 1.30. The third-order valence-electron chi connectivity index (χ3n) is 2.64. The number of nitrogens with one attached hydrogen (secondary N) is 1. The summed E-state index contributed by atoms with van der Waals surface area (Å²) < 4.78 is 0. The third-order valence-corrected chi connectivity index (χ3v) is 2.64. The van der Waals surface area contributed by atoms with E-state index in [0.29, 0.717) is 5.92 Å². The molecule has 0 heterocycles. The van der Waals surface area contributed by atoms with Gasteiger partial charge in [-0.15, -0.1) is 0 Å². The van der Waals surface area contributed by atoms with E-state index in [0.717, 1.165) is 19.0 Å². The fraction of sp³-hybridized carbons (Fsp3) is 1.00. The topological polar surface area (TPSA) is 38.0 Å². The van der Waals surface area contributed by atoms with Crippen LogP contribution in [0, 0.1) is 11.8 Å². The molecule has 1 rings (SSSR count). The normalized spacial score (nSPS) is 19.5. The molecular weight excluding hydrogens is 148 g/mol. The highest BCUT2D eigenvalue weighted by atomic mass is 14.8. The van der Waals surface area contributed by atoms with Gasteiger partial charge in [0.1, 0.15) is 0 Å². The van der Waals surface area contributed by atoms with Gasteiger partial charge >= 0.3 is 0 Å². The summed E-state index contributed by atoms with van der Waals surface area (Å²) in [6.45, 7) is 5.39. The first-order valence-corrected chi connectivity index (χ1v) is 5.23. The maximum atomic E-state index is 5.52. The summed E-state index contributed by atoms with van der Waals surface area (Å²) in [7, 11) is 0. The molecule has 3 N–H and O–H groups in total. The molecule has 1 aliphatic rings. The number of nitrogens with two attached hydrogens (primary N) is 1. The van der Waals surface area contributed by atoms with Crippen molar-refractivity contribution in [2.24, 2.45) is 17.6 Å². The van der Waals surface area contributed by atoms with Gasteiger partial charge in [-0.25, -0.2) is 0 Å². The van der Waals surface area contributed by atoms with E-state index in [9.17, 15) is 0 Å². The second-order valence-corrected chi connectivity index (χ2v) is 4.11. The van der Waals surface area contributed by atoms with Gasteiger partial charge in [0.25, 0.3) is 0 Å². The van der Waals surface area contributed by atoms with Gasteiger partial charge in [-0.1, -0.05) is 19.8 Å². The molecule has 1 aliphatic carbocycles. The molecule has 0 aromatic carbocycles. The molecule has 0 aromatic heterocycles. The Kier molecular flexibility index (Phi) is 4.62. The minimum Gasteiger partial charge on any atom is -0.330 e. The molecule has 2 nitrogen and oxygen atoms in total. The van der Waals surface area contributed by atoms with Crippen LogP contribution in [-0.4, -0.2) is 19.6 Å². The Hall–Kier alpha value is -0.0800. The van der Waals surface area contributed by atoms with Crippen molar-refractivity contribution in [3.8, 4) is 0 Å². The quantitative estimate of drug-likeness (QED) is 0.566. The number of hydrogen-bond acceptors (Lipinski definition) is 2. The number of hydrogen-bond donors (Lipinski definition) is 2. The molecule has 0 spiro atoms. The summed E-state index contributed by atoms with van der Waals surface area (Å²) >= 11 is 0. The van der Waals surface area contributed by atoms with E-state index in [2.05, 4.69) is 12.2 Å². The third kappa shape index (κ3) is 4.73. The highest BCUT2D eigenvalue weighted by Crippen LogP contribution is 2.31. The lowest BCUT2D eigenvalue weighted by Gasteiger charge is -2.08. The van der Waals surface area contributed by atoms with Crippen LogP contribution in [0.5, 0.6) is 0 Å². The summed E-state index contributed by atoms with van der Waals surface area (Å²) in [5.41, 5.74) is 5.52. The van der Waals surface area contributed by atoms with Crippen LogP contribution >= 0.6 is 0 Å². The van der Waals surface area contributed by atoms with E-state index in [4.69, 9.17) is 5.73 Å². The average Bonchev–Trinajstić information content (AvgIpc) is 2.87. The van der Waals surface area contributed by atoms with Crippen molar-refractivity contribution in [2.75, 3.05) is 19.6 Å². The molecule has 0 saturated heterocycles. The van der Waals surface area contributed by atoms with Gasteiger partial charge in [-0.05, 0) is 44.3 Å². The summed E-state index contributed by atoms with van der Waals surface area (Å²) in [4.78, 5) is 0. The van der Waals surface area contributed by atoms with E-state index in [1.807, 2.05) is 0 Å². The Morgan fingerprint density at radius 1 is 1.42 bits per heavy atom. The Morgan fingerprint density at radius 3 is 2.75 bits per heavy atom. The predicted octanol–water partition coefficient (Wildman–Crippen LogP) is 1.36. The SMILES string of the molecule is CC(CN)CCNCCC1CC1. The molecule has 0 radical (unpaired) electrons. The summed E-state index contributed by atoms with van der Waals surface area (Å²) in [5.74, 6) is 1.74. The van der Waals surface area contributed by atoms with Gasteiger partial charge < -0.3 is 11.1 Å². The van der Waals surface area contributed by atoms with Crippen molar-refractivity contribution in [1.29, 1.82) is 0 Å². The first-order chi connectivity index (χ1) is 5.83. The van der Waals surface area contributed by atoms with E-state index in [-0.39, 0.29) is 0 Å². The maximum Gasteiger partial charge on any atom is -0.00459 e. The Bertz CT molecular complexity index is 110. The van der Waals surface area contributed by atoms with Crippen molar-refractivity contribution in [1.82, 2.24) is 5.32 Å². The van der Waals surface area contributed by atoms with Crippen LogP contribution in [0.3, 0.4) is 0 Å². The van der Waals surface area contributed by atoms with Crippen LogP contribution in [0.4, 0.5) is 0 Å². The lowest BCUT2D eigenvalue weighted by molar-refractivity contribution is 0.501. The maximum absolute atomic E-state index is 5.52. The van der Waals surface area contributed by atoms with Crippen LogP contribution in [0.1, 0.15) is 32.6 Å². The molecule has 1 fully saturated rings. The Labute approximate surface area is 75.9 Å². The smallest absolute Gasteiger partial charge is 0.00459 e. The molecule has 1 saturated carbocycles. The van der Waals surface area contributed by atoms with Crippen LogP contribution < -0.4 is 11.1 Å². The molecule has 12 heavy (non-hydrogen) atoms. The fourth-order valence-electron chi connectivity index (χ4n) is 1.30. The highest BCUT2D eigenvalue weighted by Gasteiger charge is 2.19. The van der Waals surface area contributed by atoms with E-state index in [1.165, 1.54) is 32.2 Å². The van der Waals surface area contributed by atoms with Crippen molar-refractivity contribution in [3.63, 3.8) is 0 Å². The molecule has 0 aromatic rings. The van der Waals surface area contributed by atoms with Gasteiger partial charge in [-0.2, -0.15) is 0 Å². The van der Waals surface area contributed by atoms with E-state index < -0.39 is 0 Å². The van der Waals surface area contributed by atoms with Crippen LogP contribution in [-0.2, 0) is 0 Å². The zero-order valence-electron chi connectivity index (χ0n) is 8.18. The molecule has 0 amide bonds. The average molecular weight is 170 g/mol. The molecule has 0 bridgehead atoms. The Balaban J connectivity index is 1.75. The molecule has 72 valence electrons. The van der Waals surface area contributed by atoms with Gasteiger partial charge in [-0.3, -0.25) is 0 Å². The van der Waals surface area contributed by atoms with Crippen molar-refractivity contribution < 1.29 is 0 Å². The minimum absolute atomic E-state index is 0.679. The molecule has 1 atom stereocenters. The first-order valence-electron chi connectivity index (χ1n) is 5.23. The first kappa shape index (κ1) is 10.0. The van der Waals surface area contributed by atoms with E-state index >= 15 is 0 Å². The predicted molar refractivity (Wildman–Crippen MR) is 53.0 cm³/mol. The lowest BCUT2D eigenvalue weighted by Crippen LogP contribution is -2.21. The van der Waals surface area contributed by atoms with Gasteiger partial charge in [0.15, 0.2) is 0 Å². The van der Waals surface area contributed by atoms with Crippen LogP contribution in [0.25, 0.3) is 0 Å². The molecular formula is C10H22N2. The zero-order chi connectivity index (χ0) is 8.81. The largest absolute Gasteiger partial charge is 0.330 e. The summed E-state index contributed by atoms with van der Waals surface area (Å²) in [6.07, 6.45) is 5.56. The monoisotopic (exact) mass is 170 g/mol. The van der Waals surface area contributed by atoms with Gasteiger partial charge in [0.2, 0.25) is 0 Å². The van der Waals surface area contributed by atoms with Crippen molar-refractivity contribution in [2.45, 2.75) is 32.6 Å². The van der Waals surface area contributed by atoms with Crippen molar-refractivity contribution >= 4 is 0 Å². The number of rotatable bonds is 7. The Morgan fingerprint density at radius 2 is 2.17 bits per heavy atom. The van der Waals surface area contributed by atoms with E-state index in [1.54, 1.807) is 0 Å². The van der Waals surface area contributed by atoms with Crippen molar-refractivity contribution in [3.05, 3.63) is 0 Å². The second kappa shape index (κ2) is 5.55. The van der Waals surface area contributed by atoms with Crippen LogP contribution in [0.15, 0.2) is 0 Å². The zero-order valence-corrected chi connectivity index (χ0v) is 8.18.